The molecule has 0 aliphatic heterocycles. The number of aromatic amines is 1. The second-order valence-electron chi connectivity index (χ2n) is 5.68. The molecule has 1 amide bonds. The molecule has 2 aromatic rings. The van der Waals surface area contributed by atoms with E-state index >= 15 is 0 Å². The van der Waals surface area contributed by atoms with E-state index in [1.165, 1.54) is 26.6 Å². The molecule has 1 atom stereocenters. The van der Waals surface area contributed by atoms with Gasteiger partial charge >= 0.3 is 5.97 Å². The minimum absolute atomic E-state index is 0.136. The second-order valence-corrected chi connectivity index (χ2v) is 5.68. The lowest BCUT2D eigenvalue weighted by Crippen LogP contribution is -2.43. The van der Waals surface area contributed by atoms with Crippen molar-refractivity contribution in [2.75, 3.05) is 27.3 Å². The van der Waals surface area contributed by atoms with Crippen LogP contribution in [0.5, 0.6) is 5.75 Å². The number of rotatable bonds is 10. The number of carbonyl (C=O) groups excluding carboxylic acids is 2. The molecule has 2 aromatic heterocycles. The zero-order valence-corrected chi connectivity index (χ0v) is 15.3. The number of nitrogens with zero attached hydrogens (tertiary/aromatic N) is 2. The molecule has 2 rings (SSSR count). The van der Waals surface area contributed by atoms with E-state index in [9.17, 15) is 9.59 Å². The van der Waals surface area contributed by atoms with Gasteiger partial charge in [0.2, 0.25) is 0 Å². The quantitative estimate of drug-likeness (QED) is 0.317. The van der Waals surface area contributed by atoms with Gasteiger partial charge in [-0.25, -0.2) is 14.8 Å². The van der Waals surface area contributed by atoms with Gasteiger partial charge in [0.25, 0.3) is 5.91 Å². The molecule has 1 unspecified atom stereocenters. The normalized spacial score (nSPS) is 11.7. The lowest BCUT2D eigenvalue weighted by atomic mass is 10.1. The Balaban J connectivity index is 2.15. The summed E-state index contributed by atoms with van der Waals surface area (Å²) in [5.74, 6) is -0.586. The number of hydrogen-bond acceptors (Lipinski definition) is 8. The Morgan fingerprint density at radius 2 is 2.15 bits per heavy atom. The van der Waals surface area contributed by atoms with E-state index in [1.807, 2.05) is 0 Å². The molecule has 0 saturated carbocycles. The average molecular weight is 376 g/mol. The molecule has 10 heteroatoms. The zero-order valence-electron chi connectivity index (χ0n) is 15.3. The van der Waals surface area contributed by atoms with Crippen LogP contribution in [-0.4, -0.2) is 60.2 Å². The number of imidazole rings is 1. The van der Waals surface area contributed by atoms with E-state index in [1.54, 1.807) is 12.3 Å². The topological polar surface area (TPSA) is 144 Å². The number of carbonyl (C=O) groups is 2. The van der Waals surface area contributed by atoms with Gasteiger partial charge in [-0.15, -0.1) is 0 Å². The smallest absolute Gasteiger partial charge is 0.328 e. The van der Waals surface area contributed by atoms with E-state index in [0.717, 1.165) is 0 Å². The fourth-order valence-electron chi connectivity index (χ4n) is 2.39. The second kappa shape index (κ2) is 10.2. The number of methoxy groups -OCH3 is 2. The first kappa shape index (κ1) is 20.3. The monoisotopic (exact) mass is 376 g/mol. The third kappa shape index (κ3) is 6.04. The highest BCUT2D eigenvalue weighted by Gasteiger charge is 2.24. The number of ether oxygens (including phenoxy) is 2. The zero-order chi connectivity index (χ0) is 19.6. The number of nitrogens with one attached hydrogen (secondary N) is 3. The molecule has 10 nitrogen and oxygen atoms in total. The Hall–Kier alpha value is -2.98. The first-order valence-corrected chi connectivity index (χ1v) is 8.39. The van der Waals surface area contributed by atoms with Crippen molar-refractivity contribution in [1.82, 2.24) is 25.6 Å². The highest BCUT2D eigenvalue weighted by molar-refractivity contribution is 5.95. The highest BCUT2D eigenvalue weighted by atomic mass is 16.5. The summed E-state index contributed by atoms with van der Waals surface area (Å²) in [6.45, 7) is 1.55. The van der Waals surface area contributed by atoms with Gasteiger partial charge in [0.15, 0.2) is 0 Å². The van der Waals surface area contributed by atoms with Gasteiger partial charge in [0.05, 0.1) is 26.2 Å². The maximum absolute atomic E-state index is 12.7. The van der Waals surface area contributed by atoms with Gasteiger partial charge < -0.3 is 30.8 Å². The van der Waals surface area contributed by atoms with E-state index in [0.29, 0.717) is 36.8 Å². The van der Waals surface area contributed by atoms with E-state index in [4.69, 9.17) is 15.2 Å². The van der Waals surface area contributed by atoms with E-state index in [2.05, 4.69) is 25.6 Å². The highest BCUT2D eigenvalue weighted by Crippen LogP contribution is 2.14. The molecule has 27 heavy (non-hydrogen) atoms. The van der Waals surface area contributed by atoms with Crippen LogP contribution in [0.4, 0.5) is 0 Å². The van der Waals surface area contributed by atoms with Crippen LogP contribution in [0.15, 0.2) is 24.7 Å². The van der Waals surface area contributed by atoms with Crippen LogP contribution >= 0.6 is 0 Å². The molecule has 0 fully saturated rings. The van der Waals surface area contributed by atoms with Crippen molar-refractivity contribution < 1.29 is 19.1 Å². The molecular weight excluding hydrogens is 352 g/mol. The van der Waals surface area contributed by atoms with Crippen LogP contribution in [0, 0.1) is 0 Å². The van der Waals surface area contributed by atoms with Crippen molar-refractivity contribution in [2.24, 2.45) is 5.73 Å². The summed E-state index contributed by atoms with van der Waals surface area (Å²) >= 11 is 0. The van der Waals surface area contributed by atoms with Crippen LogP contribution in [0.1, 0.15) is 21.9 Å². The summed E-state index contributed by atoms with van der Waals surface area (Å²) < 4.78 is 10.0. The summed E-state index contributed by atoms with van der Waals surface area (Å²) in [4.78, 5) is 35.8. The van der Waals surface area contributed by atoms with Crippen molar-refractivity contribution in [3.05, 3.63) is 41.7 Å². The molecule has 5 N–H and O–H groups in total. The lowest BCUT2D eigenvalue weighted by Gasteiger charge is -2.16. The average Bonchev–Trinajstić information content (AvgIpc) is 3.19. The minimum Gasteiger partial charge on any atom is -0.497 e. The van der Waals surface area contributed by atoms with Crippen LogP contribution in [0.3, 0.4) is 0 Å². The predicted octanol–water partition coefficient (Wildman–Crippen LogP) is -0.624. The molecule has 0 aromatic carbocycles. The fraction of sp³-hybridized carbons (Fsp3) is 0.412. The van der Waals surface area contributed by atoms with E-state index < -0.39 is 17.9 Å². The molecule has 0 spiro atoms. The maximum atomic E-state index is 12.7. The Bertz CT molecular complexity index is 750. The van der Waals surface area contributed by atoms with Gasteiger partial charge in [-0.1, -0.05) is 0 Å². The molecular formula is C17H24N6O4. The number of pyridine rings is 1. The number of hydrogen-bond donors (Lipinski definition) is 4. The predicted molar refractivity (Wildman–Crippen MR) is 97.1 cm³/mol. The summed E-state index contributed by atoms with van der Waals surface area (Å²) in [5, 5.41) is 5.76. The minimum atomic E-state index is -0.880. The Kier molecular flexibility index (Phi) is 7.71. The maximum Gasteiger partial charge on any atom is 0.328 e. The molecule has 0 saturated heterocycles. The largest absolute Gasteiger partial charge is 0.497 e. The number of amides is 1. The van der Waals surface area contributed by atoms with Gasteiger partial charge in [-0.3, -0.25) is 4.79 Å². The number of aromatic nitrogens is 3. The lowest BCUT2D eigenvalue weighted by molar-refractivity contribution is -0.142. The number of H-pyrrole nitrogens is 1. The van der Waals surface area contributed by atoms with Gasteiger partial charge in [0, 0.05) is 50.1 Å². The molecule has 0 radical (unpaired) electrons. The molecule has 0 aliphatic carbocycles. The number of esters is 1. The van der Waals surface area contributed by atoms with Crippen molar-refractivity contribution in [3.8, 4) is 5.75 Å². The summed E-state index contributed by atoms with van der Waals surface area (Å²) in [6, 6.07) is 2.35. The SMILES string of the molecule is COC(=O)C(Cc1cnc[nH]1)NC(=O)c1cc(OC)cc(CNCCN)n1. The third-order valence-corrected chi connectivity index (χ3v) is 3.72. The Morgan fingerprint density at radius 3 is 2.78 bits per heavy atom. The molecule has 2 heterocycles. The van der Waals surface area contributed by atoms with Crippen molar-refractivity contribution in [1.29, 1.82) is 0 Å². The Labute approximate surface area is 156 Å². The van der Waals surface area contributed by atoms with Crippen LogP contribution in [0.2, 0.25) is 0 Å². The standard InChI is InChI=1S/C17H24N6O4/c1-26-13-5-12(9-19-4-3-18)22-14(7-13)16(24)23-15(17(25)27-2)6-11-8-20-10-21-11/h5,7-8,10,15,19H,3-4,6,9,18H2,1-2H3,(H,20,21)(H,23,24). The van der Waals surface area contributed by atoms with Gasteiger partial charge in [0.1, 0.15) is 17.5 Å². The van der Waals surface area contributed by atoms with Crippen LogP contribution < -0.4 is 21.1 Å². The third-order valence-electron chi connectivity index (χ3n) is 3.72. The summed E-state index contributed by atoms with van der Waals surface area (Å²) in [5.41, 5.74) is 6.90. The van der Waals surface area contributed by atoms with Crippen molar-refractivity contribution in [3.63, 3.8) is 0 Å². The summed E-state index contributed by atoms with van der Waals surface area (Å²) in [6.07, 6.45) is 3.29. The van der Waals surface area contributed by atoms with Gasteiger partial charge in [-0.05, 0) is 0 Å². The molecule has 146 valence electrons. The first-order chi connectivity index (χ1) is 13.1. The molecule has 0 bridgehead atoms. The van der Waals surface area contributed by atoms with Gasteiger partial charge in [-0.2, -0.15) is 0 Å². The number of nitrogens with two attached hydrogens (primary N) is 1. The van der Waals surface area contributed by atoms with E-state index in [-0.39, 0.29) is 12.1 Å². The summed E-state index contributed by atoms with van der Waals surface area (Å²) in [7, 11) is 2.77. The van der Waals surface area contributed by atoms with Crippen LogP contribution in [-0.2, 0) is 22.5 Å². The molecule has 0 aliphatic rings. The first-order valence-electron chi connectivity index (χ1n) is 8.39. The van der Waals surface area contributed by atoms with Crippen molar-refractivity contribution in [2.45, 2.75) is 19.0 Å². The van der Waals surface area contributed by atoms with Crippen molar-refractivity contribution >= 4 is 11.9 Å². The fourth-order valence-corrected chi connectivity index (χ4v) is 2.39. The Morgan fingerprint density at radius 1 is 1.33 bits per heavy atom. The van der Waals surface area contributed by atoms with Crippen LogP contribution in [0.25, 0.3) is 0 Å².